The lowest BCUT2D eigenvalue weighted by molar-refractivity contribution is -0.131. The van der Waals surface area contributed by atoms with Crippen molar-refractivity contribution in [2.45, 2.75) is 31.3 Å². The normalized spacial score (nSPS) is 23.8. The highest BCUT2D eigenvalue weighted by Gasteiger charge is 2.51. The van der Waals surface area contributed by atoms with Crippen LogP contribution < -0.4 is 9.47 Å². The molecule has 0 aliphatic carbocycles. The van der Waals surface area contributed by atoms with Crippen molar-refractivity contribution >= 4 is 17.9 Å². The van der Waals surface area contributed by atoms with Gasteiger partial charge in [0.05, 0.1) is 31.5 Å². The lowest BCUT2D eigenvalue weighted by atomic mass is 10.1. The van der Waals surface area contributed by atoms with Crippen molar-refractivity contribution in [3.63, 3.8) is 0 Å². The van der Waals surface area contributed by atoms with E-state index in [0.717, 1.165) is 0 Å². The van der Waals surface area contributed by atoms with Crippen molar-refractivity contribution < 1.29 is 42.8 Å². The topological polar surface area (TPSA) is 107 Å². The zero-order valence-corrected chi connectivity index (χ0v) is 17.5. The van der Waals surface area contributed by atoms with E-state index in [0.29, 0.717) is 22.6 Å². The Morgan fingerprint density at radius 3 is 1.59 bits per heavy atom. The number of hydrogen-bond donors (Lipinski definition) is 0. The van der Waals surface area contributed by atoms with Crippen LogP contribution in [0, 0.1) is 0 Å². The second-order valence-corrected chi connectivity index (χ2v) is 7.33. The Kier molecular flexibility index (Phi) is 6.38. The summed E-state index contributed by atoms with van der Waals surface area (Å²) in [7, 11) is 1.54. The van der Waals surface area contributed by atoms with Gasteiger partial charge < -0.3 is 28.4 Å². The average molecular weight is 442 g/mol. The summed E-state index contributed by atoms with van der Waals surface area (Å²) < 4.78 is 32.6. The first-order valence-corrected chi connectivity index (χ1v) is 10.0. The minimum absolute atomic E-state index is 0.128. The maximum atomic E-state index is 12.5. The zero-order valence-electron chi connectivity index (χ0n) is 17.5. The molecule has 2 aliphatic heterocycles. The summed E-state index contributed by atoms with van der Waals surface area (Å²) in [6.45, 7) is 1.56. The first-order chi connectivity index (χ1) is 15.4. The van der Waals surface area contributed by atoms with E-state index < -0.39 is 42.3 Å². The molecule has 9 heteroatoms. The quantitative estimate of drug-likeness (QED) is 0.491. The largest absolute Gasteiger partial charge is 0.497 e. The number of rotatable bonds is 6. The van der Waals surface area contributed by atoms with Crippen LogP contribution in [0.2, 0.25) is 0 Å². The van der Waals surface area contributed by atoms with Crippen LogP contribution in [0.15, 0.2) is 48.5 Å². The average Bonchev–Trinajstić information content (AvgIpc) is 3.37. The Morgan fingerprint density at radius 1 is 0.750 bits per heavy atom. The third-order valence-electron chi connectivity index (χ3n) is 5.16. The Labute approximate surface area is 184 Å². The number of carbonyl (C=O) groups is 3. The molecule has 168 valence electrons. The maximum Gasteiger partial charge on any atom is 0.338 e. The molecule has 0 bridgehead atoms. The molecule has 2 aromatic carbocycles. The highest BCUT2D eigenvalue weighted by Crippen LogP contribution is 2.31. The SMILES string of the molecule is COc1ccc(C(=O)O[C@H]2COC3C2OC[C@@H]3OC(=O)c2ccc(OC(C)=O)cc2)cc1. The highest BCUT2D eigenvalue weighted by atomic mass is 16.7. The summed E-state index contributed by atoms with van der Waals surface area (Å²) >= 11 is 0. The minimum Gasteiger partial charge on any atom is -0.497 e. The van der Waals surface area contributed by atoms with Gasteiger partial charge in [-0.1, -0.05) is 0 Å². The minimum atomic E-state index is -0.634. The molecule has 2 aromatic rings. The molecular formula is C23H22O9. The third kappa shape index (κ3) is 4.74. The van der Waals surface area contributed by atoms with E-state index in [1.165, 1.54) is 31.2 Å². The van der Waals surface area contributed by atoms with Gasteiger partial charge >= 0.3 is 17.9 Å². The molecular weight excluding hydrogens is 420 g/mol. The standard InChI is InChI=1S/C23H22O9/c1-13(24)30-17-9-5-15(6-10-17)23(26)32-19-12-29-20-18(11-28-21(19)20)31-22(25)14-3-7-16(27-2)8-4-14/h3-10,18-21H,11-12H2,1-2H3/t18-,19-,20?,21?/m0/s1. The molecule has 0 amide bonds. The number of benzene rings is 2. The van der Waals surface area contributed by atoms with Gasteiger partial charge in [0.15, 0.2) is 12.2 Å². The zero-order chi connectivity index (χ0) is 22.7. The molecule has 0 N–H and O–H groups in total. The van der Waals surface area contributed by atoms with Crippen molar-refractivity contribution in [1.29, 1.82) is 0 Å². The van der Waals surface area contributed by atoms with E-state index in [-0.39, 0.29) is 13.2 Å². The Hall–Kier alpha value is -3.43. The smallest absolute Gasteiger partial charge is 0.338 e. The molecule has 2 unspecified atom stereocenters. The van der Waals surface area contributed by atoms with Gasteiger partial charge in [-0.3, -0.25) is 4.79 Å². The van der Waals surface area contributed by atoms with Gasteiger partial charge in [-0.15, -0.1) is 0 Å². The molecule has 0 aromatic heterocycles. The summed E-state index contributed by atoms with van der Waals surface area (Å²) in [5.74, 6) is -0.542. The summed E-state index contributed by atoms with van der Waals surface area (Å²) in [4.78, 5) is 35.9. The van der Waals surface area contributed by atoms with E-state index in [4.69, 9.17) is 28.4 Å². The van der Waals surface area contributed by atoms with E-state index in [1.807, 2.05) is 0 Å². The molecule has 0 radical (unpaired) electrons. The summed E-state index contributed by atoms with van der Waals surface area (Å²) in [6.07, 6.45) is -2.30. The van der Waals surface area contributed by atoms with Gasteiger partial charge in [-0.05, 0) is 48.5 Å². The second kappa shape index (κ2) is 9.37. The van der Waals surface area contributed by atoms with Crippen LogP contribution in [-0.2, 0) is 23.7 Å². The fraction of sp³-hybridized carbons (Fsp3) is 0.348. The predicted octanol–water partition coefficient (Wildman–Crippen LogP) is 2.17. The first kappa shape index (κ1) is 21.8. The van der Waals surface area contributed by atoms with Crippen molar-refractivity contribution in [3.05, 3.63) is 59.7 Å². The van der Waals surface area contributed by atoms with E-state index in [9.17, 15) is 14.4 Å². The molecule has 2 saturated heterocycles. The molecule has 0 spiro atoms. The van der Waals surface area contributed by atoms with Gasteiger partial charge in [0, 0.05) is 6.92 Å². The maximum absolute atomic E-state index is 12.5. The lowest BCUT2D eigenvalue weighted by Crippen LogP contribution is -2.36. The van der Waals surface area contributed by atoms with Crippen LogP contribution in [-0.4, -0.2) is 62.6 Å². The van der Waals surface area contributed by atoms with Crippen LogP contribution >= 0.6 is 0 Å². The van der Waals surface area contributed by atoms with E-state index in [2.05, 4.69) is 0 Å². The van der Waals surface area contributed by atoms with Gasteiger partial charge in [0.2, 0.25) is 0 Å². The van der Waals surface area contributed by atoms with Gasteiger partial charge in [0.1, 0.15) is 23.7 Å². The number of carbonyl (C=O) groups excluding carboxylic acids is 3. The van der Waals surface area contributed by atoms with Crippen LogP contribution in [0.5, 0.6) is 11.5 Å². The van der Waals surface area contributed by atoms with Crippen molar-refractivity contribution in [3.8, 4) is 11.5 Å². The molecule has 0 saturated carbocycles. The molecule has 4 rings (SSSR count). The molecule has 2 aliphatic rings. The molecule has 9 nitrogen and oxygen atoms in total. The highest BCUT2D eigenvalue weighted by molar-refractivity contribution is 5.90. The Bertz CT molecular complexity index is 984. The monoisotopic (exact) mass is 442 g/mol. The molecule has 2 heterocycles. The van der Waals surface area contributed by atoms with Gasteiger partial charge in [-0.25, -0.2) is 9.59 Å². The predicted molar refractivity (Wildman–Crippen MR) is 109 cm³/mol. The molecule has 32 heavy (non-hydrogen) atoms. The molecule has 4 atom stereocenters. The summed E-state index contributed by atoms with van der Waals surface area (Å²) in [5, 5.41) is 0. The van der Waals surface area contributed by atoms with Crippen molar-refractivity contribution in [2.24, 2.45) is 0 Å². The van der Waals surface area contributed by atoms with Crippen molar-refractivity contribution in [1.82, 2.24) is 0 Å². The second-order valence-electron chi connectivity index (χ2n) is 7.33. The summed E-state index contributed by atoms with van der Waals surface area (Å²) in [5.41, 5.74) is 0.678. The van der Waals surface area contributed by atoms with Crippen molar-refractivity contribution in [2.75, 3.05) is 20.3 Å². The fourth-order valence-electron chi connectivity index (χ4n) is 3.59. The lowest BCUT2D eigenvalue weighted by Gasteiger charge is -2.17. The summed E-state index contributed by atoms with van der Waals surface area (Å²) in [6, 6.07) is 12.6. The number of hydrogen-bond acceptors (Lipinski definition) is 9. The number of esters is 3. The van der Waals surface area contributed by atoms with E-state index >= 15 is 0 Å². The van der Waals surface area contributed by atoms with Gasteiger partial charge in [0.25, 0.3) is 0 Å². The van der Waals surface area contributed by atoms with Crippen LogP contribution in [0.25, 0.3) is 0 Å². The number of fused-ring (bicyclic) bond motifs is 1. The van der Waals surface area contributed by atoms with Crippen LogP contribution in [0.1, 0.15) is 27.6 Å². The number of ether oxygens (including phenoxy) is 6. The van der Waals surface area contributed by atoms with Crippen LogP contribution in [0.4, 0.5) is 0 Å². The Balaban J connectivity index is 1.33. The fourth-order valence-corrected chi connectivity index (χ4v) is 3.59. The van der Waals surface area contributed by atoms with Gasteiger partial charge in [-0.2, -0.15) is 0 Å². The number of methoxy groups -OCH3 is 1. The first-order valence-electron chi connectivity index (χ1n) is 10.0. The Morgan fingerprint density at radius 2 is 1.19 bits per heavy atom. The van der Waals surface area contributed by atoms with Crippen LogP contribution in [0.3, 0.4) is 0 Å². The third-order valence-corrected chi connectivity index (χ3v) is 5.16. The van der Waals surface area contributed by atoms with E-state index in [1.54, 1.807) is 31.4 Å². The molecule has 2 fully saturated rings.